The van der Waals surface area contributed by atoms with E-state index in [0.717, 1.165) is 4.88 Å². The standard InChI is InChI=1S/C8H14N2O2S2/c1-2-4-14(11,12)5-3-7-6-10-8(9)13-7/h6H,2-5H2,1H3,(H2,9,10). The summed E-state index contributed by atoms with van der Waals surface area (Å²) in [5.41, 5.74) is 5.43. The Bertz CT molecular complexity index is 384. The van der Waals surface area contributed by atoms with Gasteiger partial charge in [-0.25, -0.2) is 13.4 Å². The Kier molecular flexibility index (Phi) is 3.88. The first-order valence-electron chi connectivity index (χ1n) is 4.44. The molecule has 0 saturated carbocycles. The average molecular weight is 234 g/mol. The molecule has 0 unspecified atom stereocenters. The molecule has 0 aliphatic rings. The van der Waals surface area contributed by atoms with E-state index in [1.165, 1.54) is 11.3 Å². The van der Waals surface area contributed by atoms with Crippen molar-refractivity contribution in [2.75, 3.05) is 17.2 Å². The van der Waals surface area contributed by atoms with Gasteiger partial charge in [0.25, 0.3) is 0 Å². The monoisotopic (exact) mass is 234 g/mol. The van der Waals surface area contributed by atoms with E-state index in [1.54, 1.807) is 6.20 Å². The van der Waals surface area contributed by atoms with E-state index in [4.69, 9.17) is 5.73 Å². The number of thiazole rings is 1. The minimum absolute atomic E-state index is 0.197. The molecule has 0 aliphatic carbocycles. The largest absolute Gasteiger partial charge is 0.375 e. The van der Waals surface area contributed by atoms with Crippen LogP contribution in [-0.4, -0.2) is 24.9 Å². The van der Waals surface area contributed by atoms with Gasteiger partial charge in [0, 0.05) is 16.8 Å². The zero-order valence-electron chi connectivity index (χ0n) is 8.06. The fraction of sp³-hybridized carbons (Fsp3) is 0.625. The van der Waals surface area contributed by atoms with Gasteiger partial charge in [0.05, 0.1) is 5.75 Å². The highest BCUT2D eigenvalue weighted by molar-refractivity contribution is 7.91. The van der Waals surface area contributed by atoms with E-state index in [-0.39, 0.29) is 11.5 Å². The van der Waals surface area contributed by atoms with Crippen LogP contribution in [0.5, 0.6) is 0 Å². The molecule has 1 heterocycles. The number of nitrogens with zero attached hydrogens (tertiary/aromatic N) is 1. The summed E-state index contributed by atoms with van der Waals surface area (Å²) in [5.74, 6) is 0.462. The van der Waals surface area contributed by atoms with Crippen LogP contribution in [0.4, 0.5) is 5.13 Å². The molecule has 0 saturated heterocycles. The lowest BCUT2D eigenvalue weighted by Gasteiger charge is -1.99. The molecule has 0 amide bonds. The summed E-state index contributed by atoms with van der Waals surface area (Å²) in [7, 11) is -2.88. The third-order valence-electron chi connectivity index (χ3n) is 1.75. The highest BCUT2D eigenvalue weighted by atomic mass is 32.2. The van der Waals surface area contributed by atoms with Crippen LogP contribution >= 0.6 is 11.3 Å². The van der Waals surface area contributed by atoms with E-state index in [1.807, 2.05) is 6.92 Å². The Morgan fingerprint density at radius 2 is 2.21 bits per heavy atom. The molecule has 0 fully saturated rings. The van der Waals surface area contributed by atoms with Crippen LogP contribution in [0.25, 0.3) is 0 Å². The zero-order valence-corrected chi connectivity index (χ0v) is 9.70. The molecule has 1 aromatic heterocycles. The van der Waals surface area contributed by atoms with Crippen molar-refractivity contribution in [3.05, 3.63) is 11.1 Å². The Morgan fingerprint density at radius 3 is 2.71 bits per heavy atom. The van der Waals surface area contributed by atoms with Crippen LogP contribution in [0, 0.1) is 0 Å². The van der Waals surface area contributed by atoms with Crippen LogP contribution in [0.2, 0.25) is 0 Å². The highest BCUT2D eigenvalue weighted by Crippen LogP contribution is 2.15. The van der Waals surface area contributed by atoms with Crippen LogP contribution < -0.4 is 5.73 Å². The molecule has 2 N–H and O–H groups in total. The summed E-state index contributed by atoms with van der Waals surface area (Å²) in [6.07, 6.45) is 2.84. The van der Waals surface area contributed by atoms with Gasteiger partial charge in [0.15, 0.2) is 15.0 Å². The van der Waals surface area contributed by atoms with Crippen molar-refractivity contribution >= 4 is 26.3 Å². The fourth-order valence-electron chi connectivity index (χ4n) is 1.11. The molecule has 6 heteroatoms. The van der Waals surface area contributed by atoms with Crippen LogP contribution in [0.15, 0.2) is 6.20 Å². The number of sulfone groups is 1. The van der Waals surface area contributed by atoms with Gasteiger partial charge in [-0.3, -0.25) is 0 Å². The number of anilines is 1. The summed E-state index contributed by atoms with van der Waals surface area (Å²) < 4.78 is 22.7. The van der Waals surface area contributed by atoms with Gasteiger partial charge < -0.3 is 5.73 Å². The first-order valence-corrected chi connectivity index (χ1v) is 7.08. The van der Waals surface area contributed by atoms with Gasteiger partial charge in [-0.15, -0.1) is 11.3 Å². The summed E-state index contributed by atoms with van der Waals surface area (Å²) in [4.78, 5) is 4.80. The number of hydrogen-bond acceptors (Lipinski definition) is 5. The predicted octanol–water partition coefficient (Wildman–Crippen LogP) is 1.09. The molecule has 14 heavy (non-hydrogen) atoms. The Labute approximate surface area is 88.1 Å². The van der Waals surface area contributed by atoms with Gasteiger partial charge in [-0.2, -0.15) is 0 Å². The third-order valence-corrected chi connectivity index (χ3v) is 4.49. The van der Waals surface area contributed by atoms with Crippen molar-refractivity contribution in [2.24, 2.45) is 0 Å². The van der Waals surface area contributed by atoms with Crippen molar-refractivity contribution in [1.82, 2.24) is 4.98 Å². The van der Waals surface area contributed by atoms with Gasteiger partial charge in [0.2, 0.25) is 0 Å². The number of hydrogen-bond donors (Lipinski definition) is 1. The van der Waals surface area contributed by atoms with Gasteiger partial charge in [-0.1, -0.05) is 6.92 Å². The Morgan fingerprint density at radius 1 is 1.50 bits per heavy atom. The second-order valence-corrected chi connectivity index (χ2v) is 6.52. The lowest BCUT2D eigenvalue weighted by molar-refractivity contribution is 0.594. The number of nitrogens with two attached hydrogens (primary N) is 1. The highest BCUT2D eigenvalue weighted by Gasteiger charge is 2.10. The molecule has 80 valence electrons. The van der Waals surface area contributed by atoms with E-state index < -0.39 is 9.84 Å². The average Bonchev–Trinajstić information content (AvgIpc) is 2.48. The normalized spacial score (nSPS) is 11.8. The fourth-order valence-corrected chi connectivity index (χ4v) is 3.28. The molecule has 1 aromatic rings. The van der Waals surface area contributed by atoms with Crippen molar-refractivity contribution < 1.29 is 8.42 Å². The molecule has 1 rings (SSSR count). The molecule has 4 nitrogen and oxygen atoms in total. The summed E-state index contributed by atoms with van der Waals surface area (Å²) >= 11 is 1.35. The smallest absolute Gasteiger partial charge is 0.180 e. The van der Waals surface area contributed by atoms with Crippen LogP contribution in [-0.2, 0) is 16.3 Å². The topological polar surface area (TPSA) is 73.0 Å². The van der Waals surface area contributed by atoms with Crippen molar-refractivity contribution in [3.8, 4) is 0 Å². The maximum atomic E-state index is 11.4. The molecule has 0 spiro atoms. The van der Waals surface area contributed by atoms with Crippen LogP contribution in [0.3, 0.4) is 0 Å². The lowest BCUT2D eigenvalue weighted by Crippen LogP contribution is -2.11. The van der Waals surface area contributed by atoms with Crippen molar-refractivity contribution in [3.63, 3.8) is 0 Å². The van der Waals surface area contributed by atoms with Crippen molar-refractivity contribution in [2.45, 2.75) is 19.8 Å². The Balaban J connectivity index is 2.48. The second-order valence-electron chi connectivity index (χ2n) is 3.07. The van der Waals surface area contributed by atoms with Crippen LogP contribution in [0.1, 0.15) is 18.2 Å². The molecule has 0 bridgehead atoms. The minimum Gasteiger partial charge on any atom is -0.375 e. The van der Waals surface area contributed by atoms with Crippen molar-refractivity contribution in [1.29, 1.82) is 0 Å². The molecular weight excluding hydrogens is 220 g/mol. The van der Waals surface area contributed by atoms with E-state index in [2.05, 4.69) is 4.98 Å². The molecule has 0 radical (unpaired) electrons. The molecule has 0 aliphatic heterocycles. The maximum absolute atomic E-state index is 11.4. The molecule has 0 aromatic carbocycles. The van der Waals surface area contributed by atoms with Gasteiger partial charge in [-0.05, 0) is 12.8 Å². The SMILES string of the molecule is CCCS(=O)(=O)CCc1cnc(N)s1. The minimum atomic E-state index is -2.88. The molecule has 0 atom stereocenters. The van der Waals surface area contributed by atoms with Gasteiger partial charge in [0.1, 0.15) is 0 Å². The third kappa shape index (κ3) is 3.63. The quantitative estimate of drug-likeness (QED) is 0.827. The number of nitrogen functional groups attached to an aromatic ring is 1. The van der Waals surface area contributed by atoms with Gasteiger partial charge >= 0.3 is 0 Å². The van der Waals surface area contributed by atoms with E-state index in [0.29, 0.717) is 18.0 Å². The second kappa shape index (κ2) is 4.75. The van der Waals surface area contributed by atoms with E-state index in [9.17, 15) is 8.42 Å². The first-order chi connectivity index (χ1) is 6.53. The summed E-state index contributed by atoms with van der Waals surface area (Å²) in [6, 6.07) is 0. The zero-order chi connectivity index (χ0) is 10.6. The summed E-state index contributed by atoms with van der Waals surface area (Å²) in [5, 5.41) is 0.493. The predicted molar refractivity (Wildman–Crippen MR) is 59.2 cm³/mol. The summed E-state index contributed by atoms with van der Waals surface area (Å²) in [6.45, 7) is 1.86. The lowest BCUT2D eigenvalue weighted by atomic mass is 10.4. The number of aromatic nitrogens is 1. The molecular formula is C8H14N2O2S2. The number of aryl methyl sites for hydroxylation is 1. The van der Waals surface area contributed by atoms with E-state index >= 15 is 0 Å². The maximum Gasteiger partial charge on any atom is 0.180 e. The first kappa shape index (κ1) is 11.5. The number of rotatable bonds is 5. The Hall–Kier alpha value is -0.620.